The van der Waals surface area contributed by atoms with Crippen LogP contribution in [0, 0.1) is 0 Å². The average molecular weight is 277 g/mol. The Balaban J connectivity index is 2.46. The molecule has 19 heavy (non-hydrogen) atoms. The molecule has 0 heterocycles. The van der Waals surface area contributed by atoms with Crippen molar-refractivity contribution < 1.29 is 22.6 Å². The third kappa shape index (κ3) is 6.45. The lowest BCUT2D eigenvalue weighted by Gasteiger charge is -2.15. The van der Waals surface area contributed by atoms with Gasteiger partial charge in [0.15, 0.2) is 0 Å². The zero-order chi connectivity index (χ0) is 14.5. The predicted octanol–water partition coefficient (Wildman–Crippen LogP) is 3.05. The Bertz CT molecular complexity index is 376. The van der Waals surface area contributed by atoms with Gasteiger partial charge < -0.3 is 15.2 Å². The maximum absolute atomic E-state index is 11.9. The second-order valence-electron chi connectivity index (χ2n) is 4.47. The number of rotatable bonds is 6. The standard InChI is InChI=1S/C13H18F3NO2/c1-9(2)19-11-5-3-10(4-6-11)12(17)7-18-8-13(14,15)16/h3-6,9,12H,7-8,17H2,1-2H3. The zero-order valence-electron chi connectivity index (χ0n) is 10.9. The van der Waals surface area contributed by atoms with Crippen molar-refractivity contribution in [2.24, 2.45) is 5.73 Å². The highest BCUT2D eigenvalue weighted by Crippen LogP contribution is 2.19. The molecule has 0 aliphatic heterocycles. The molecule has 0 aromatic heterocycles. The number of ether oxygens (including phenoxy) is 2. The zero-order valence-corrected chi connectivity index (χ0v) is 10.9. The van der Waals surface area contributed by atoms with E-state index in [2.05, 4.69) is 4.74 Å². The molecule has 1 aromatic rings. The van der Waals surface area contributed by atoms with Crippen molar-refractivity contribution >= 4 is 0 Å². The van der Waals surface area contributed by atoms with Crippen LogP contribution >= 0.6 is 0 Å². The fourth-order valence-electron chi connectivity index (χ4n) is 1.46. The van der Waals surface area contributed by atoms with Crippen LogP contribution < -0.4 is 10.5 Å². The third-order valence-corrected chi connectivity index (χ3v) is 2.24. The van der Waals surface area contributed by atoms with Gasteiger partial charge in [-0.25, -0.2) is 0 Å². The average Bonchev–Trinajstić information content (AvgIpc) is 2.27. The lowest BCUT2D eigenvalue weighted by Crippen LogP contribution is -2.23. The SMILES string of the molecule is CC(C)Oc1ccc(C(N)COCC(F)(F)F)cc1. The number of benzene rings is 1. The van der Waals surface area contributed by atoms with E-state index in [1.165, 1.54) is 0 Å². The Hall–Kier alpha value is -1.27. The second-order valence-corrected chi connectivity index (χ2v) is 4.47. The number of hydrogen-bond acceptors (Lipinski definition) is 3. The van der Waals surface area contributed by atoms with Crippen LogP contribution in [0.25, 0.3) is 0 Å². The maximum Gasteiger partial charge on any atom is 0.411 e. The maximum atomic E-state index is 11.9. The van der Waals surface area contributed by atoms with Crippen LogP contribution in [0.2, 0.25) is 0 Å². The van der Waals surface area contributed by atoms with Crippen LogP contribution in [0.5, 0.6) is 5.75 Å². The molecule has 0 aliphatic carbocycles. The summed E-state index contributed by atoms with van der Waals surface area (Å²) >= 11 is 0. The number of alkyl halides is 3. The van der Waals surface area contributed by atoms with Gasteiger partial charge in [0.1, 0.15) is 12.4 Å². The first kappa shape index (κ1) is 15.8. The molecule has 1 unspecified atom stereocenters. The molecule has 0 saturated heterocycles. The molecule has 0 bridgehead atoms. The first-order valence-corrected chi connectivity index (χ1v) is 5.94. The van der Waals surface area contributed by atoms with E-state index in [1.807, 2.05) is 13.8 Å². The molecular weight excluding hydrogens is 259 g/mol. The smallest absolute Gasteiger partial charge is 0.411 e. The minimum absolute atomic E-state index is 0.0645. The summed E-state index contributed by atoms with van der Waals surface area (Å²) in [6.45, 7) is 2.36. The topological polar surface area (TPSA) is 44.5 Å². The summed E-state index contributed by atoms with van der Waals surface area (Å²) in [4.78, 5) is 0. The van der Waals surface area contributed by atoms with E-state index in [1.54, 1.807) is 24.3 Å². The number of halogens is 3. The predicted molar refractivity (Wildman–Crippen MR) is 66.0 cm³/mol. The summed E-state index contributed by atoms with van der Waals surface area (Å²) in [5.41, 5.74) is 6.45. The summed E-state index contributed by atoms with van der Waals surface area (Å²) in [5, 5.41) is 0. The Kier molecular flexibility index (Phi) is 5.62. The Morgan fingerprint density at radius 3 is 2.21 bits per heavy atom. The summed E-state index contributed by atoms with van der Waals surface area (Å²) in [5.74, 6) is 0.696. The monoisotopic (exact) mass is 277 g/mol. The third-order valence-electron chi connectivity index (χ3n) is 2.24. The Morgan fingerprint density at radius 1 is 1.16 bits per heavy atom. The number of hydrogen-bond donors (Lipinski definition) is 1. The van der Waals surface area contributed by atoms with Crippen molar-refractivity contribution in [3.8, 4) is 5.75 Å². The summed E-state index contributed by atoms with van der Waals surface area (Å²) in [6, 6.07) is 6.33. The molecule has 1 atom stereocenters. The van der Waals surface area contributed by atoms with Gasteiger partial charge in [0, 0.05) is 0 Å². The van der Waals surface area contributed by atoms with E-state index in [0.29, 0.717) is 11.3 Å². The quantitative estimate of drug-likeness (QED) is 0.869. The molecular formula is C13H18F3NO2. The van der Waals surface area contributed by atoms with Crippen molar-refractivity contribution in [1.82, 2.24) is 0 Å². The van der Waals surface area contributed by atoms with Gasteiger partial charge in [-0.3, -0.25) is 0 Å². The van der Waals surface area contributed by atoms with Crippen molar-refractivity contribution in [2.75, 3.05) is 13.2 Å². The van der Waals surface area contributed by atoms with Gasteiger partial charge in [-0.05, 0) is 31.5 Å². The van der Waals surface area contributed by atoms with E-state index in [9.17, 15) is 13.2 Å². The van der Waals surface area contributed by atoms with E-state index in [-0.39, 0.29) is 12.7 Å². The van der Waals surface area contributed by atoms with Crippen molar-refractivity contribution in [2.45, 2.75) is 32.2 Å². The van der Waals surface area contributed by atoms with Crippen molar-refractivity contribution in [3.63, 3.8) is 0 Å². The molecule has 6 heteroatoms. The van der Waals surface area contributed by atoms with E-state index in [0.717, 1.165) is 0 Å². The molecule has 0 saturated carbocycles. The van der Waals surface area contributed by atoms with E-state index in [4.69, 9.17) is 10.5 Å². The fraction of sp³-hybridized carbons (Fsp3) is 0.538. The Labute approximate surface area is 110 Å². The molecule has 2 N–H and O–H groups in total. The van der Waals surface area contributed by atoms with Gasteiger partial charge in [0.05, 0.1) is 18.8 Å². The summed E-state index contributed by atoms with van der Waals surface area (Å²) < 4.78 is 45.7. The van der Waals surface area contributed by atoms with Crippen LogP contribution in [-0.2, 0) is 4.74 Å². The molecule has 0 fully saturated rings. The minimum atomic E-state index is -4.32. The largest absolute Gasteiger partial charge is 0.491 e. The van der Waals surface area contributed by atoms with Gasteiger partial charge in [-0.1, -0.05) is 12.1 Å². The number of nitrogens with two attached hydrogens (primary N) is 1. The lowest BCUT2D eigenvalue weighted by atomic mass is 10.1. The van der Waals surface area contributed by atoms with E-state index >= 15 is 0 Å². The first-order valence-electron chi connectivity index (χ1n) is 5.94. The molecule has 1 rings (SSSR count). The molecule has 0 radical (unpaired) electrons. The van der Waals surface area contributed by atoms with E-state index < -0.39 is 18.8 Å². The molecule has 0 amide bonds. The van der Waals surface area contributed by atoms with Gasteiger partial charge in [0.2, 0.25) is 0 Å². The highest BCUT2D eigenvalue weighted by atomic mass is 19.4. The van der Waals surface area contributed by atoms with Crippen LogP contribution in [0.15, 0.2) is 24.3 Å². The molecule has 0 aliphatic rings. The van der Waals surface area contributed by atoms with Crippen LogP contribution in [-0.4, -0.2) is 25.5 Å². The second kappa shape index (κ2) is 6.77. The first-order chi connectivity index (χ1) is 8.78. The summed E-state index contributed by atoms with van der Waals surface area (Å²) in [6.07, 6.45) is -4.26. The van der Waals surface area contributed by atoms with Gasteiger partial charge in [-0.2, -0.15) is 13.2 Å². The summed E-state index contributed by atoms with van der Waals surface area (Å²) in [7, 11) is 0. The normalized spacial score (nSPS) is 13.6. The van der Waals surface area contributed by atoms with Crippen LogP contribution in [0.1, 0.15) is 25.5 Å². The van der Waals surface area contributed by atoms with Gasteiger partial charge in [0.25, 0.3) is 0 Å². The highest BCUT2D eigenvalue weighted by molar-refractivity contribution is 5.29. The Morgan fingerprint density at radius 2 is 1.74 bits per heavy atom. The highest BCUT2D eigenvalue weighted by Gasteiger charge is 2.27. The molecule has 3 nitrogen and oxygen atoms in total. The van der Waals surface area contributed by atoms with Crippen molar-refractivity contribution in [1.29, 1.82) is 0 Å². The van der Waals surface area contributed by atoms with Crippen LogP contribution in [0.4, 0.5) is 13.2 Å². The fourth-order valence-corrected chi connectivity index (χ4v) is 1.46. The molecule has 0 spiro atoms. The van der Waals surface area contributed by atoms with Gasteiger partial charge >= 0.3 is 6.18 Å². The minimum Gasteiger partial charge on any atom is -0.491 e. The molecule has 108 valence electrons. The van der Waals surface area contributed by atoms with Crippen LogP contribution in [0.3, 0.4) is 0 Å². The molecule has 1 aromatic carbocycles. The van der Waals surface area contributed by atoms with Gasteiger partial charge in [-0.15, -0.1) is 0 Å². The lowest BCUT2D eigenvalue weighted by molar-refractivity contribution is -0.174. The van der Waals surface area contributed by atoms with Crippen molar-refractivity contribution in [3.05, 3.63) is 29.8 Å².